The smallest absolute Gasteiger partial charge is 0.254 e. The van der Waals surface area contributed by atoms with Crippen molar-refractivity contribution in [1.29, 1.82) is 0 Å². The van der Waals surface area contributed by atoms with Crippen molar-refractivity contribution in [2.75, 3.05) is 6.54 Å². The lowest BCUT2D eigenvalue weighted by molar-refractivity contribution is 0.831. The van der Waals surface area contributed by atoms with Crippen LogP contribution in [-0.4, -0.2) is 16.5 Å². The topological polar surface area (TPSA) is 71.8 Å². The second-order valence-corrected chi connectivity index (χ2v) is 3.33. The molecule has 0 saturated heterocycles. The first kappa shape index (κ1) is 8.44. The molecule has 0 aliphatic heterocycles. The number of H-pyrrole nitrogens is 1. The number of hydrogen-bond acceptors (Lipinski definition) is 3. The Labute approximate surface area is 76.2 Å². The first-order valence-electron chi connectivity index (χ1n) is 4.62. The number of nitrogens with two attached hydrogens (primary N) is 1. The summed E-state index contributed by atoms with van der Waals surface area (Å²) in [6.07, 6.45) is 3.53. The third-order valence-electron chi connectivity index (χ3n) is 2.37. The van der Waals surface area contributed by atoms with Gasteiger partial charge in [-0.15, -0.1) is 0 Å². The molecule has 1 heterocycles. The van der Waals surface area contributed by atoms with Gasteiger partial charge in [0.25, 0.3) is 5.56 Å². The Morgan fingerprint density at radius 3 is 3.08 bits per heavy atom. The van der Waals surface area contributed by atoms with Gasteiger partial charge >= 0.3 is 0 Å². The van der Waals surface area contributed by atoms with Crippen LogP contribution in [0.4, 0.5) is 0 Å². The van der Waals surface area contributed by atoms with Crippen LogP contribution < -0.4 is 11.3 Å². The van der Waals surface area contributed by atoms with E-state index in [-0.39, 0.29) is 5.56 Å². The Kier molecular flexibility index (Phi) is 2.14. The second kappa shape index (κ2) is 3.30. The summed E-state index contributed by atoms with van der Waals surface area (Å²) in [6.45, 7) is 0.529. The molecule has 1 aromatic rings. The molecule has 0 fully saturated rings. The van der Waals surface area contributed by atoms with E-state index >= 15 is 0 Å². The Bertz CT molecular complexity index is 370. The van der Waals surface area contributed by atoms with E-state index in [4.69, 9.17) is 5.73 Å². The lowest BCUT2D eigenvalue weighted by Crippen LogP contribution is -2.19. The summed E-state index contributed by atoms with van der Waals surface area (Å²) in [7, 11) is 0. The molecule has 0 saturated carbocycles. The van der Waals surface area contributed by atoms with E-state index < -0.39 is 0 Å². The fourth-order valence-corrected chi connectivity index (χ4v) is 1.75. The molecule has 4 nitrogen and oxygen atoms in total. The third kappa shape index (κ3) is 1.49. The van der Waals surface area contributed by atoms with Crippen molar-refractivity contribution in [3.63, 3.8) is 0 Å². The van der Waals surface area contributed by atoms with Crippen LogP contribution in [0.1, 0.15) is 23.5 Å². The van der Waals surface area contributed by atoms with Crippen molar-refractivity contribution in [2.24, 2.45) is 5.73 Å². The van der Waals surface area contributed by atoms with Gasteiger partial charge in [-0.1, -0.05) is 0 Å². The molecule has 4 heteroatoms. The van der Waals surface area contributed by atoms with Crippen molar-refractivity contribution in [3.8, 4) is 0 Å². The first-order valence-corrected chi connectivity index (χ1v) is 4.62. The quantitative estimate of drug-likeness (QED) is 0.658. The molecule has 0 unspecified atom stereocenters. The third-order valence-corrected chi connectivity index (χ3v) is 2.37. The summed E-state index contributed by atoms with van der Waals surface area (Å²) >= 11 is 0. The van der Waals surface area contributed by atoms with Crippen LogP contribution in [0.25, 0.3) is 0 Å². The number of aryl methyl sites for hydroxylation is 1. The van der Waals surface area contributed by atoms with E-state index in [0.29, 0.717) is 13.0 Å². The molecule has 2 rings (SSSR count). The van der Waals surface area contributed by atoms with Gasteiger partial charge in [-0.3, -0.25) is 4.79 Å². The summed E-state index contributed by atoms with van der Waals surface area (Å²) in [6, 6.07) is 0. The summed E-state index contributed by atoms with van der Waals surface area (Å²) in [5, 5.41) is 0. The van der Waals surface area contributed by atoms with E-state index in [2.05, 4.69) is 9.97 Å². The molecule has 0 aromatic carbocycles. The average molecular weight is 179 g/mol. The first-order chi connectivity index (χ1) is 6.31. The highest BCUT2D eigenvalue weighted by Crippen LogP contribution is 2.15. The van der Waals surface area contributed by atoms with Gasteiger partial charge in [0.15, 0.2) is 0 Å². The zero-order valence-electron chi connectivity index (χ0n) is 7.47. The highest BCUT2D eigenvalue weighted by molar-refractivity contribution is 5.22. The van der Waals surface area contributed by atoms with Crippen LogP contribution >= 0.6 is 0 Å². The number of aromatic nitrogens is 2. The molecule has 1 aliphatic carbocycles. The number of rotatable bonds is 2. The largest absolute Gasteiger partial charge is 0.330 e. The maximum atomic E-state index is 11.5. The highest BCUT2D eigenvalue weighted by Gasteiger charge is 2.16. The van der Waals surface area contributed by atoms with E-state index in [0.717, 1.165) is 36.3 Å². The van der Waals surface area contributed by atoms with Gasteiger partial charge < -0.3 is 10.7 Å². The maximum Gasteiger partial charge on any atom is 0.254 e. The second-order valence-electron chi connectivity index (χ2n) is 3.33. The summed E-state index contributed by atoms with van der Waals surface area (Å²) < 4.78 is 0. The Balaban J connectivity index is 2.44. The van der Waals surface area contributed by atoms with E-state index in [1.165, 1.54) is 0 Å². The number of fused-ring (bicyclic) bond motifs is 1. The van der Waals surface area contributed by atoms with Crippen LogP contribution in [0, 0.1) is 0 Å². The lowest BCUT2D eigenvalue weighted by Gasteiger charge is -2.01. The minimum Gasteiger partial charge on any atom is -0.330 e. The molecular weight excluding hydrogens is 166 g/mol. The summed E-state index contributed by atoms with van der Waals surface area (Å²) in [5.41, 5.74) is 7.28. The van der Waals surface area contributed by atoms with Crippen molar-refractivity contribution < 1.29 is 0 Å². The van der Waals surface area contributed by atoms with Crippen LogP contribution in [0.5, 0.6) is 0 Å². The lowest BCUT2D eigenvalue weighted by atomic mass is 10.2. The summed E-state index contributed by atoms with van der Waals surface area (Å²) in [4.78, 5) is 18.6. The molecule has 0 amide bonds. The van der Waals surface area contributed by atoms with Gasteiger partial charge in [0, 0.05) is 12.0 Å². The van der Waals surface area contributed by atoms with E-state index in [1.54, 1.807) is 0 Å². The van der Waals surface area contributed by atoms with Crippen molar-refractivity contribution in [3.05, 3.63) is 27.4 Å². The number of nitrogens with zero attached hydrogens (tertiary/aromatic N) is 1. The van der Waals surface area contributed by atoms with Crippen LogP contribution in [0.3, 0.4) is 0 Å². The molecule has 1 aromatic heterocycles. The standard InChI is InChI=1S/C9H13N3O/c10-5-4-8-11-7-3-1-2-6(7)9(13)12-8/h1-5,10H2,(H,11,12,13). The number of nitrogens with one attached hydrogen (secondary N) is 1. The van der Waals surface area contributed by atoms with E-state index in [1.807, 2.05) is 0 Å². The van der Waals surface area contributed by atoms with E-state index in [9.17, 15) is 4.79 Å². The molecular formula is C9H13N3O. The normalized spacial score (nSPS) is 14.5. The molecule has 0 atom stereocenters. The molecule has 0 spiro atoms. The summed E-state index contributed by atoms with van der Waals surface area (Å²) in [5.74, 6) is 0.730. The van der Waals surface area contributed by atoms with Gasteiger partial charge in [0.2, 0.25) is 0 Å². The Hall–Kier alpha value is -1.16. The van der Waals surface area contributed by atoms with Crippen LogP contribution in [0.15, 0.2) is 4.79 Å². The Morgan fingerprint density at radius 2 is 2.31 bits per heavy atom. The zero-order chi connectivity index (χ0) is 9.26. The van der Waals surface area contributed by atoms with Gasteiger partial charge in [-0.2, -0.15) is 0 Å². The van der Waals surface area contributed by atoms with Crippen LogP contribution in [-0.2, 0) is 19.3 Å². The molecule has 70 valence electrons. The molecule has 13 heavy (non-hydrogen) atoms. The SMILES string of the molecule is NCCc1nc2c(c(=O)[nH]1)CCC2. The Morgan fingerprint density at radius 1 is 1.46 bits per heavy atom. The minimum absolute atomic E-state index is 0.0333. The van der Waals surface area contributed by atoms with Crippen molar-refractivity contribution >= 4 is 0 Å². The van der Waals surface area contributed by atoms with Crippen molar-refractivity contribution in [1.82, 2.24) is 9.97 Å². The molecule has 0 bridgehead atoms. The van der Waals surface area contributed by atoms with Crippen molar-refractivity contribution in [2.45, 2.75) is 25.7 Å². The highest BCUT2D eigenvalue weighted by atomic mass is 16.1. The average Bonchev–Trinajstić information content (AvgIpc) is 2.53. The predicted molar refractivity (Wildman–Crippen MR) is 49.6 cm³/mol. The zero-order valence-corrected chi connectivity index (χ0v) is 7.47. The minimum atomic E-state index is 0.0333. The number of hydrogen-bond donors (Lipinski definition) is 2. The van der Waals surface area contributed by atoms with Crippen LogP contribution in [0.2, 0.25) is 0 Å². The maximum absolute atomic E-state index is 11.5. The molecule has 1 aliphatic rings. The fourth-order valence-electron chi connectivity index (χ4n) is 1.75. The monoisotopic (exact) mass is 179 g/mol. The van der Waals surface area contributed by atoms with Gasteiger partial charge in [0.1, 0.15) is 5.82 Å². The number of aromatic amines is 1. The molecule has 0 radical (unpaired) electrons. The van der Waals surface area contributed by atoms with Gasteiger partial charge in [-0.05, 0) is 25.8 Å². The molecule has 3 N–H and O–H groups in total. The predicted octanol–water partition coefficient (Wildman–Crippen LogP) is -0.240. The fraction of sp³-hybridized carbons (Fsp3) is 0.556. The van der Waals surface area contributed by atoms with Gasteiger partial charge in [0.05, 0.1) is 5.69 Å². The van der Waals surface area contributed by atoms with Gasteiger partial charge in [-0.25, -0.2) is 4.98 Å².